The molecule has 2 rings (SSSR count). The van der Waals surface area contributed by atoms with Crippen LogP contribution in [0.15, 0.2) is 0 Å². The number of thiophene rings is 1. The second-order valence-electron chi connectivity index (χ2n) is 4.35. The van der Waals surface area contributed by atoms with E-state index in [0.29, 0.717) is 10.7 Å². The lowest BCUT2D eigenvalue weighted by Crippen LogP contribution is -2.29. The second-order valence-corrected chi connectivity index (χ2v) is 5.35. The van der Waals surface area contributed by atoms with Crippen molar-refractivity contribution in [3.8, 4) is 0 Å². The number of carbonyl (C=O) groups excluding carboxylic acids is 2. The molecule has 0 atom stereocenters. The Hall–Kier alpha value is -2.02. The maximum Gasteiger partial charge on any atom is 0.325 e. The van der Waals surface area contributed by atoms with Gasteiger partial charge in [0.15, 0.2) is 0 Å². The van der Waals surface area contributed by atoms with Crippen LogP contribution < -0.4 is 5.32 Å². The SMILES string of the molecule is COC(=O)CNC(=O)c1sc2nc(C)nc(C)c2c1C. The van der Waals surface area contributed by atoms with Gasteiger partial charge in [0.1, 0.15) is 17.2 Å². The van der Waals surface area contributed by atoms with Crippen molar-refractivity contribution in [1.82, 2.24) is 15.3 Å². The Bertz CT molecular complexity index is 694. The zero-order valence-electron chi connectivity index (χ0n) is 11.7. The van der Waals surface area contributed by atoms with E-state index in [2.05, 4.69) is 20.0 Å². The van der Waals surface area contributed by atoms with Crippen molar-refractivity contribution in [2.45, 2.75) is 20.8 Å². The Kier molecular flexibility index (Phi) is 3.99. The molecule has 0 aliphatic heterocycles. The number of ether oxygens (including phenoxy) is 1. The fraction of sp³-hybridized carbons (Fsp3) is 0.385. The number of nitrogens with one attached hydrogen (secondary N) is 1. The van der Waals surface area contributed by atoms with Crippen LogP contribution in [0, 0.1) is 20.8 Å². The molecular formula is C13H15N3O3S. The van der Waals surface area contributed by atoms with Gasteiger partial charge in [-0.1, -0.05) is 0 Å². The summed E-state index contributed by atoms with van der Waals surface area (Å²) < 4.78 is 4.49. The third-order valence-corrected chi connectivity index (χ3v) is 4.09. The summed E-state index contributed by atoms with van der Waals surface area (Å²) in [6, 6.07) is 0. The highest BCUT2D eigenvalue weighted by Gasteiger charge is 2.19. The Morgan fingerprint density at radius 3 is 2.60 bits per heavy atom. The molecule has 1 N–H and O–H groups in total. The first-order valence-corrected chi connectivity index (χ1v) is 6.85. The highest BCUT2D eigenvalue weighted by molar-refractivity contribution is 7.20. The molecule has 2 aromatic heterocycles. The fourth-order valence-electron chi connectivity index (χ4n) is 2.00. The summed E-state index contributed by atoms with van der Waals surface area (Å²) in [5, 5.41) is 3.44. The molecule has 7 heteroatoms. The van der Waals surface area contributed by atoms with Crippen LogP contribution in [0.4, 0.5) is 0 Å². The van der Waals surface area contributed by atoms with Crippen molar-refractivity contribution in [2.75, 3.05) is 13.7 Å². The lowest BCUT2D eigenvalue weighted by Gasteiger charge is -2.03. The number of hydrogen-bond acceptors (Lipinski definition) is 6. The van der Waals surface area contributed by atoms with E-state index in [1.54, 1.807) is 0 Å². The molecule has 0 aliphatic rings. The van der Waals surface area contributed by atoms with E-state index in [4.69, 9.17) is 0 Å². The Morgan fingerprint density at radius 1 is 1.25 bits per heavy atom. The van der Waals surface area contributed by atoms with Gasteiger partial charge < -0.3 is 10.1 Å². The minimum Gasteiger partial charge on any atom is -0.468 e. The number of amides is 1. The molecule has 0 radical (unpaired) electrons. The third kappa shape index (κ3) is 2.62. The van der Waals surface area contributed by atoms with E-state index < -0.39 is 5.97 Å². The average Bonchev–Trinajstić information content (AvgIpc) is 2.72. The number of nitrogens with zero attached hydrogens (tertiary/aromatic N) is 2. The van der Waals surface area contributed by atoms with Gasteiger partial charge in [0, 0.05) is 11.1 Å². The van der Waals surface area contributed by atoms with Crippen LogP contribution in [-0.2, 0) is 9.53 Å². The third-order valence-electron chi connectivity index (χ3n) is 2.91. The topological polar surface area (TPSA) is 81.2 Å². The van der Waals surface area contributed by atoms with Crippen molar-refractivity contribution >= 4 is 33.4 Å². The van der Waals surface area contributed by atoms with Crippen molar-refractivity contribution in [1.29, 1.82) is 0 Å². The lowest BCUT2D eigenvalue weighted by atomic mass is 10.1. The monoisotopic (exact) mass is 293 g/mol. The van der Waals surface area contributed by atoms with Crippen LogP contribution >= 0.6 is 11.3 Å². The maximum atomic E-state index is 12.1. The molecule has 0 aliphatic carbocycles. The van der Waals surface area contributed by atoms with Gasteiger partial charge in [0.2, 0.25) is 0 Å². The predicted octanol–water partition coefficient (Wildman–Crippen LogP) is 1.52. The van der Waals surface area contributed by atoms with Gasteiger partial charge in [-0.05, 0) is 26.3 Å². The van der Waals surface area contributed by atoms with Crippen LogP contribution in [-0.4, -0.2) is 35.5 Å². The molecule has 0 saturated heterocycles. The van der Waals surface area contributed by atoms with Gasteiger partial charge in [-0.25, -0.2) is 9.97 Å². The molecule has 0 bridgehead atoms. The van der Waals surface area contributed by atoms with E-state index in [-0.39, 0.29) is 12.5 Å². The van der Waals surface area contributed by atoms with Crippen molar-refractivity contribution in [3.63, 3.8) is 0 Å². The number of fused-ring (bicyclic) bond motifs is 1. The number of aryl methyl sites for hydroxylation is 3. The van der Waals surface area contributed by atoms with E-state index in [0.717, 1.165) is 21.5 Å². The Balaban J connectivity index is 2.35. The van der Waals surface area contributed by atoms with Crippen molar-refractivity contribution < 1.29 is 14.3 Å². The molecule has 2 aromatic rings. The molecule has 2 heterocycles. The normalized spacial score (nSPS) is 10.6. The van der Waals surface area contributed by atoms with Gasteiger partial charge in [-0.2, -0.15) is 0 Å². The summed E-state index contributed by atoms with van der Waals surface area (Å²) in [4.78, 5) is 33.1. The van der Waals surface area contributed by atoms with Crippen molar-refractivity contribution in [2.24, 2.45) is 0 Å². The number of esters is 1. The van der Waals surface area contributed by atoms with E-state index in [1.807, 2.05) is 20.8 Å². The first kappa shape index (κ1) is 14.4. The van der Waals surface area contributed by atoms with Crippen LogP contribution in [0.1, 0.15) is 26.8 Å². The number of methoxy groups -OCH3 is 1. The van der Waals surface area contributed by atoms with Gasteiger partial charge in [-0.3, -0.25) is 9.59 Å². The van der Waals surface area contributed by atoms with Crippen LogP contribution in [0.25, 0.3) is 10.2 Å². The number of aromatic nitrogens is 2. The molecular weight excluding hydrogens is 278 g/mol. The fourth-order valence-corrected chi connectivity index (χ4v) is 3.19. The Labute approximate surface area is 120 Å². The number of rotatable bonds is 3. The minimum absolute atomic E-state index is 0.146. The first-order valence-electron chi connectivity index (χ1n) is 6.03. The molecule has 0 aromatic carbocycles. The second kappa shape index (κ2) is 5.54. The zero-order chi connectivity index (χ0) is 14.9. The highest BCUT2D eigenvalue weighted by Crippen LogP contribution is 2.30. The molecule has 1 amide bonds. The van der Waals surface area contributed by atoms with Gasteiger partial charge in [0.25, 0.3) is 5.91 Å². The molecule has 0 saturated carbocycles. The Morgan fingerprint density at radius 2 is 1.95 bits per heavy atom. The van der Waals surface area contributed by atoms with Gasteiger partial charge in [0.05, 0.1) is 12.0 Å². The van der Waals surface area contributed by atoms with E-state index in [1.165, 1.54) is 18.4 Å². The summed E-state index contributed by atoms with van der Waals surface area (Å²) in [5.74, 6) is -0.102. The molecule has 106 valence electrons. The summed E-state index contributed by atoms with van der Waals surface area (Å²) in [6.45, 7) is 5.43. The summed E-state index contributed by atoms with van der Waals surface area (Å²) in [6.07, 6.45) is 0. The molecule has 6 nitrogen and oxygen atoms in total. The van der Waals surface area contributed by atoms with Crippen LogP contribution in [0.5, 0.6) is 0 Å². The predicted molar refractivity (Wildman–Crippen MR) is 76.0 cm³/mol. The number of hydrogen-bond donors (Lipinski definition) is 1. The van der Waals surface area contributed by atoms with E-state index >= 15 is 0 Å². The van der Waals surface area contributed by atoms with Crippen LogP contribution in [0.2, 0.25) is 0 Å². The number of carbonyl (C=O) groups is 2. The molecule has 0 unspecified atom stereocenters. The quantitative estimate of drug-likeness (QED) is 0.868. The standard InChI is InChI=1S/C13H15N3O3S/c1-6-10-7(2)15-8(3)16-13(10)20-11(6)12(18)14-5-9(17)19-4/h5H2,1-4H3,(H,14,18). The van der Waals surface area contributed by atoms with E-state index in [9.17, 15) is 9.59 Å². The summed E-state index contributed by atoms with van der Waals surface area (Å²) in [5.41, 5.74) is 1.69. The largest absolute Gasteiger partial charge is 0.468 e. The summed E-state index contributed by atoms with van der Waals surface area (Å²) in [7, 11) is 1.28. The maximum absolute atomic E-state index is 12.1. The van der Waals surface area contributed by atoms with Crippen LogP contribution in [0.3, 0.4) is 0 Å². The first-order chi connectivity index (χ1) is 9.43. The molecule has 0 spiro atoms. The average molecular weight is 293 g/mol. The molecule has 0 fully saturated rings. The zero-order valence-corrected chi connectivity index (χ0v) is 12.6. The highest BCUT2D eigenvalue weighted by atomic mass is 32.1. The molecule has 20 heavy (non-hydrogen) atoms. The van der Waals surface area contributed by atoms with Gasteiger partial charge >= 0.3 is 5.97 Å². The van der Waals surface area contributed by atoms with Crippen molar-refractivity contribution in [3.05, 3.63) is 22.0 Å². The minimum atomic E-state index is -0.482. The smallest absolute Gasteiger partial charge is 0.325 e. The summed E-state index contributed by atoms with van der Waals surface area (Å²) >= 11 is 1.30. The lowest BCUT2D eigenvalue weighted by molar-refractivity contribution is -0.139. The van der Waals surface area contributed by atoms with Gasteiger partial charge in [-0.15, -0.1) is 11.3 Å².